The van der Waals surface area contributed by atoms with E-state index in [9.17, 15) is 9.59 Å². The lowest BCUT2D eigenvalue weighted by molar-refractivity contribution is 0.0527. The molecule has 0 spiro atoms. The maximum Gasteiger partial charge on any atom is 0.407 e. The van der Waals surface area contributed by atoms with E-state index in [1.54, 1.807) is 0 Å². The highest BCUT2D eigenvalue weighted by Gasteiger charge is 2.16. The summed E-state index contributed by atoms with van der Waals surface area (Å²) in [5.41, 5.74) is 0.183. The van der Waals surface area contributed by atoms with E-state index in [0.29, 0.717) is 5.56 Å². The number of rotatable bonds is 7. The molecule has 4 nitrogen and oxygen atoms in total. The van der Waals surface area contributed by atoms with Crippen molar-refractivity contribution in [3.8, 4) is 0 Å². The van der Waals surface area contributed by atoms with Crippen LogP contribution >= 0.6 is 11.8 Å². The molecule has 1 aliphatic rings. The average Bonchev–Trinajstić information content (AvgIpc) is 2.59. The Morgan fingerprint density at radius 1 is 1.19 bits per heavy atom. The lowest BCUT2D eigenvalue weighted by Crippen LogP contribution is -2.33. The Morgan fingerprint density at radius 3 is 2.62 bits per heavy atom. The van der Waals surface area contributed by atoms with Crippen LogP contribution < -0.4 is 5.32 Å². The Morgan fingerprint density at radius 2 is 1.92 bits per heavy atom. The number of ether oxygens (including phenoxy) is 1. The molecule has 0 aromatic heterocycles. The van der Waals surface area contributed by atoms with Crippen molar-refractivity contribution in [1.82, 2.24) is 5.32 Å². The summed E-state index contributed by atoms with van der Waals surface area (Å²) in [5.74, 6) is 1.99. The number of carbonyl (C=O) groups excluding carboxylic acids is 2. The lowest BCUT2D eigenvalue weighted by Gasteiger charge is -2.21. The molecule has 144 valence electrons. The Hall–Kier alpha value is -1.49. The van der Waals surface area contributed by atoms with Crippen LogP contribution in [0.4, 0.5) is 4.79 Å². The Kier molecular flexibility index (Phi) is 8.01. The van der Waals surface area contributed by atoms with Crippen molar-refractivity contribution in [2.45, 2.75) is 69.8 Å². The number of alkyl carbamates (subject to hydrolysis) is 1. The van der Waals surface area contributed by atoms with Gasteiger partial charge in [0.05, 0.1) is 0 Å². The number of amides is 1. The molecule has 0 bridgehead atoms. The number of ketones is 1. The van der Waals surface area contributed by atoms with Gasteiger partial charge in [0.25, 0.3) is 0 Å². The van der Waals surface area contributed by atoms with E-state index in [1.807, 2.05) is 50.7 Å². The van der Waals surface area contributed by atoms with Gasteiger partial charge in [-0.15, -0.1) is 11.8 Å². The van der Waals surface area contributed by atoms with Gasteiger partial charge in [-0.25, -0.2) is 4.79 Å². The highest BCUT2D eigenvalue weighted by atomic mass is 32.2. The van der Waals surface area contributed by atoms with Crippen LogP contribution in [-0.4, -0.2) is 29.8 Å². The maximum absolute atomic E-state index is 12.4. The zero-order valence-electron chi connectivity index (χ0n) is 16.2. The molecule has 1 aromatic rings. The first-order valence-corrected chi connectivity index (χ1v) is 10.5. The first-order valence-electron chi connectivity index (χ1n) is 9.56. The normalized spacial score (nSPS) is 15.5. The molecule has 1 saturated carbocycles. The van der Waals surface area contributed by atoms with Crippen molar-refractivity contribution in [1.29, 1.82) is 0 Å². The zero-order valence-corrected chi connectivity index (χ0v) is 17.0. The lowest BCUT2D eigenvalue weighted by atomic mass is 9.91. The third-order valence-electron chi connectivity index (χ3n) is 4.39. The molecule has 0 aliphatic heterocycles. The highest BCUT2D eigenvalue weighted by Crippen LogP contribution is 2.30. The molecule has 0 radical (unpaired) electrons. The van der Waals surface area contributed by atoms with E-state index in [2.05, 4.69) is 11.4 Å². The number of benzene rings is 1. The molecular formula is C21H31NO3S. The molecule has 0 saturated heterocycles. The predicted octanol–water partition coefficient (Wildman–Crippen LogP) is 5.46. The van der Waals surface area contributed by atoms with Crippen LogP contribution in [0.25, 0.3) is 0 Å². The van der Waals surface area contributed by atoms with Crippen LogP contribution in [0, 0.1) is 5.92 Å². The molecular weight excluding hydrogens is 346 g/mol. The largest absolute Gasteiger partial charge is 0.444 e. The monoisotopic (exact) mass is 377 g/mol. The second-order valence-electron chi connectivity index (χ2n) is 7.94. The summed E-state index contributed by atoms with van der Waals surface area (Å²) in [6.07, 6.45) is 6.55. The quantitative estimate of drug-likeness (QED) is 0.506. The van der Waals surface area contributed by atoms with E-state index in [4.69, 9.17) is 4.74 Å². The van der Waals surface area contributed by atoms with E-state index in [-0.39, 0.29) is 18.7 Å². The van der Waals surface area contributed by atoms with Crippen molar-refractivity contribution in [3.05, 3.63) is 29.8 Å². The summed E-state index contributed by atoms with van der Waals surface area (Å²) in [7, 11) is 0. The van der Waals surface area contributed by atoms with Crippen molar-refractivity contribution in [2.75, 3.05) is 12.3 Å². The Bertz CT molecular complexity index is 604. The fourth-order valence-corrected chi connectivity index (χ4v) is 4.21. The van der Waals surface area contributed by atoms with E-state index in [1.165, 1.54) is 32.1 Å². The van der Waals surface area contributed by atoms with Crippen LogP contribution in [0.5, 0.6) is 0 Å². The number of hydrogen-bond donors (Lipinski definition) is 1. The Balaban J connectivity index is 1.77. The van der Waals surface area contributed by atoms with Crippen molar-refractivity contribution in [2.24, 2.45) is 5.92 Å². The third kappa shape index (κ3) is 7.81. The van der Waals surface area contributed by atoms with Crippen molar-refractivity contribution < 1.29 is 14.3 Å². The van der Waals surface area contributed by atoms with E-state index >= 15 is 0 Å². The van der Waals surface area contributed by atoms with Gasteiger partial charge in [0.15, 0.2) is 5.78 Å². The van der Waals surface area contributed by atoms with Gasteiger partial charge in [0.2, 0.25) is 0 Å². The summed E-state index contributed by atoms with van der Waals surface area (Å²) < 4.78 is 5.17. The van der Waals surface area contributed by atoms with Crippen LogP contribution in [0.3, 0.4) is 0 Å². The van der Waals surface area contributed by atoms with Gasteiger partial charge in [-0.05, 0) is 51.7 Å². The van der Waals surface area contributed by atoms with Crippen molar-refractivity contribution >= 4 is 23.6 Å². The summed E-state index contributed by atoms with van der Waals surface area (Å²) >= 11 is 1.85. The molecule has 26 heavy (non-hydrogen) atoms. The van der Waals surface area contributed by atoms with Crippen LogP contribution in [0.1, 0.15) is 69.7 Å². The first kappa shape index (κ1) is 20.8. The van der Waals surface area contributed by atoms with Crippen molar-refractivity contribution in [3.63, 3.8) is 0 Å². The number of thioether (sulfide) groups is 1. The van der Waals surface area contributed by atoms with Gasteiger partial charge in [0.1, 0.15) is 5.60 Å². The summed E-state index contributed by atoms with van der Waals surface area (Å²) in [6, 6.07) is 7.84. The summed E-state index contributed by atoms with van der Waals surface area (Å²) in [4.78, 5) is 25.1. The fraction of sp³-hybridized carbons (Fsp3) is 0.619. The van der Waals surface area contributed by atoms with Gasteiger partial charge in [0, 0.05) is 29.2 Å². The van der Waals surface area contributed by atoms with Crippen LogP contribution in [-0.2, 0) is 4.74 Å². The minimum Gasteiger partial charge on any atom is -0.444 e. The molecule has 5 heteroatoms. The molecule has 1 amide bonds. The predicted molar refractivity (Wildman–Crippen MR) is 107 cm³/mol. The topological polar surface area (TPSA) is 55.4 Å². The molecule has 1 aromatic carbocycles. The standard InChI is InChI=1S/C21H31NO3S/c1-21(2,3)25-20(24)22-13-12-19(23)17-10-7-11-18(14-17)26-15-16-8-5-4-6-9-16/h7,10-11,14,16H,4-6,8-9,12-13,15H2,1-3H3,(H,22,24). The molecule has 0 unspecified atom stereocenters. The van der Waals surface area contributed by atoms with Gasteiger partial charge in [-0.1, -0.05) is 31.4 Å². The van der Waals surface area contributed by atoms with Gasteiger partial charge >= 0.3 is 6.09 Å². The van der Waals surface area contributed by atoms with E-state index < -0.39 is 11.7 Å². The minimum atomic E-state index is -0.530. The third-order valence-corrected chi connectivity index (χ3v) is 5.61. The smallest absolute Gasteiger partial charge is 0.407 e. The van der Waals surface area contributed by atoms with Crippen LogP contribution in [0.15, 0.2) is 29.2 Å². The molecule has 0 atom stereocenters. The van der Waals surface area contributed by atoms with E-state index in [0.717, 1.165) is 16.6 Å². The molecule has 1 fully saturated rings. The van der Waals surface area contributed by atoms with Gasteiger partial charge in [-0.2, -0.15) is 0 Å². The number of hydrogen-bond acceptors (Lipinski definition) is 4. The average molecular weight is 378 g/mol. The number of carbonyl (C=O) groups is 2. The summed E-state index contributed by atoms with van der Waals surface area (Å²) in [5, 5.41) is 2.64. The van der Waals surface area contributed by atoms with Gasteiger partial charge in [-0.3, -0.25) is 4.79 Å². The second-order valence-corrected chi connectivity index (χ2v) is 9.04. The Labute approximate surface area is 161 Å². The summed E-state index contributed by atoms with van der Waals surface area (Å²) in [6.45, 7) is 5.73. The number of nitrogens with one attached hydrogen (secondary N) is 1. The molecule has 2 rings (SSSR count). The second kappa shape index (κ2) is 10.0. The molecule has 1 N–H and O–H groups in total. The molecule has 1 aliphatic carbocycles. The van der Waals surface area contributed by atoms with Gasteiger partial charge < -0.3 is 10.1 Å². The first-order chi connectivity index (χ1) is 12.3. The minimum absolute atomic E-state index is 0.0428. The van der Waals surface area contributed by atoms with Crippen LogP contribution in [0.2, 0.25) is 0 Å². The zero-order chi connectivity index (χ0) is 19.0. The molecule has 0 heterocycles. The fourth-order valence-electron chi connectivity index (χ4n) is 3.06. The maximum atomic E-state index is 12.4. The highest BCUT2D eigenvalue weighted by molar-refractivity contribution is 7.99. The SMILES string of the molecule is CC(C)(C)OC(=O)NCCC(=O)c1cccc(SCC2CCCCC2)c1. The number of Topliss-reactive ketones (excluding diaryl/α,β-unsaturated/α-hetero) is 1.